The molecule has 1 aliphatic heterocycles. The van der Waals surface area contributed by atoms with Crippen molar-refractivity contribution in [3.05, 3.63) is 30.1 Å². The minimum atomic E-state index is -0.386. The molecule has 1 aromatic carbocycles. The zero-order valence-corrected chi connectivity index (χ0v) is 16.4. The maximum atomic E-state index is 12.7. The van der Waals surface area contributed by atoms with Crippen molar-refractivity contribution in [1.82, 2.24) is 25.1 Å². The number of aromatic nitrogens is 2. The number of hydrogen-bond acceptors (Lipinski definition) is 4. The van der Waals surface area contributed by atoms with Gasteiger partial charge in [-0.2, -0.15) is 0 Å². The van der Waals surface area contributed by atoms with Crippen molar-refractivity contribution in [3.8, 4) is 0 Å². The fraction of sp³-hybridized carbons (Fsp3) is 0.550. The van der Waals surface area contributed by atoms with Crippen molar-refractivity contribution in [2.45, 2.75) is 39.3 Å². The minimum Gasteiger partial charge on any atom is -0.353 e. The van der Waals surface area contributed by atoms with Crippen LogP contribution in [0.1, 0.15) is 32.5 Å². The third-order valence-electron chi connectivity index (χ3n) is 5.05. The molecule has 2 aromatic rings. The van der Waals surface area contributed by atoms with E-state index >= 15 is 0 Å². The van der Waals surface area contributed by atoms with Gasteiger partial charge in [0.1, 0.15) is 5.82 Å². The molecule has 0 aliphatic carbocycles. The third-order valence-corrected chi connectivity index (χ3v) is 5.05. The maximum absolute atomic E-state index is 12.7. The fourth-order valence-corrected chi connectivity index (χ4v) is 3.39. The van der Waals surface area contributed by atoms with Gasteiger partial charge in [0.2, 0.25) is 11.8 Å². The molecule has 0 bridgehead atoms. The summed E-state index contributed by atoms with van der Waals surface area (Å²) in [5.74, 6) is 1.22. The second-order valence-electron chi connectivity index (χ2n) is 7.68. The molecule has 2 N–H and O–H groups in total. The van der Waals surface area contributed by atoms with E-state index in [0.29, 0.717) is 19.0 Å². The number of rotatable bonds is 7. The number of nitrogens with one attached hydrogen (secondary N) is 2. The molecule has 146 valence electrons. The van der Waals surface area contributed by atoms with E-state index in [2.05, 4.69) is 34.0 Å². The molecule has 2 amide bonds. The number of benzene rings is 1. The number of H-pyrrole nitrogens is 1. The Bertz CT molecular complexity index is 768. The largest absolute Gasteiger partial charge is 0.353 e. The average molecular weight is 371 g/mol. The molecule has 0 radical (unpaired) electrons. The van der Waals surface area contributed by atoms with Crippen molar-refractivity contribution in [2.24, 2.45) is 5.92 Å². The van der Waals surface area contributed by atoms with Gasteiger partial charge in [-0.15, -0.1) is 0 Å². The highest BCUT2D eigenvalue weighted by atomic mass is 16.2. The number of nitrogens with zero attached hydrogens (tertiary/aromatic N) is 3. The van der Waals surface area contributed by atoms with Crippen LogP contribution in [0.15, 0.2) is 24.3 Å². The van der Waals surface area contributed by atoms with Gasteiger partial charge in [-0.3, -0.25) is 14.5 Å². The second kappa shape index (κ2) is 8.52. The zero-order valence-electron chi connectivity index (χ0n) is 16.4. The first-order valence-corrected chi connectivity index (χ1v) is 9.63. The normalized spacial score (nSPS) is 18.1. The van der Waals surface area contributed by atoms with E-state index in [4.69, 9.17) is 0 Å². The van der Waals surface area contributed by atoms with E-state index in [1.54, 1.807) is 11.9 Å². The topological polar surface area (TPSA) is 81.3 Å². The predicted molar refractivity (Wildman–Crippen MR) is 105 cm³/mol. The first kappa shape index (κ1) is 19.4. The highest BCUT2D eigenvalue weighted by Crippen LogP contribution is 2.15. The Hall–Kier alpha value is -2.41. The number of fused-ring (bicyclic) bond motifs is 1. The molecule has 3 rings (SSSR count). The van der Waals surface area contributed by atoms with Crippen molar-refractivity contribution in [2.75, 3.05) is 26.7 Å². The molecule has 7 heteroatoms. The molecule has 1 fully saturated rings. The Morgan fingerprint density at radius 3 is 2.89 bits per heavy atom. The number of carbonyl (C=O) groups is 2. The van der Waals surface area contributed by atoms with E-state index in [0.717, 1.165) is 36.4 Å². The van der Waals surface area contributed by atoms with Crippen molar-refractivity contribution >= 4 is 22.8 Å². The molecular weight excluding hydrogens is 342 g/mol. The highest BCUT2D eigenvalue weighted by Gasteiger charge is 2.32. The van der Waals surface area contributed by atoms with Gasteiger partial charge >= 0.3 is 0 Å². The van der Waals surface area contributed by atoms with Crippen LogP contribution in [0.2, 0.25) is 0 Å². The standard InChI is InChI=1S/C20H29N5O2/c1-14(2)8-10-25-11-9-21-20(27)17(25)12-19(26)24(3)13-18-22-15-6-4-5-7-16(15)23-18/h4-7,14,17H,8-13H2,1-3H3,(H,21,27)(H,22,23)/t17-/m0/s1. The number of hydrogen-bond donors (Lipinski definition) is 2. The highest BCUT2D eigenvalue weighted by molar-refractivity contribution is 5.88. The quantitative estimate of drug-likeness (QED) is 0.777. The molecule has 1 saturated heterocycles. The number of para-hydroxylation sites is 2. The van der Waals surface area contributed by atoms with Gasteiger partial charge in [0.05, 0.1) is 30.0 Å². The average Bonchev–Trinajstić information content (AvgIpc) is 3.04. The SMILES string of the molecule is CC(C)CCN1CCNC(=O)[C@@H]1CC(=O)N(C)Cc1nc2ccccc2[nH]1. The summed E-state index contributed by atoms with van der Waals surface area (Å²) in [6, 6.07) is 7.41. The second-order valence-corrected chi connectivity index (χ2v) is 7.68. The molecule has 7 nitrogen and oxygen atoms in total. The van der Waals surface area contributed by atoms with Gasteiger partial charge in [-0.05, 0) is 31.0 Å². The molecule has 0 unspecified atom stereocenters. The predicted octanol–water partition coefficient (Wildman–Crippen LogP) is 1.76. The van der Waals surface area contributed by atoms with E-state index < -0.39 is 0 Å². The van der Waals surface area contributed by atoms with Crippen LogP contribution < -0.4 is 5.32 Å². The van der Waals surface area contributed by atoms with Gasteiger partial charge in [0, 0.05) is 20.1 Å². The monoisotopic (exact) mass is 371 g/mol. The summed E-state index contributed by atoms with van der Waals surface area (Å²) in [4.78, 5) is 36.6. The van der Waals surface area contributed by atoms with Gasteiger partial charge < -0.3 is 15.2 Å². The van der Waals surface area contributed by atoms with Crippen molar-refractivity contribution in [3.63, 3.8) is 0 Å². The molecule has 27 heavy (non-hydrogen) atoms. The maximum Gasteiger partial charge on any atom is 0.237 e. The van der Waals surface area contributed by atoms with Crippen LogP contribution in [-0.2, 0) is 16.1 Å². The Balaban J connectivity index is 1.61. The summed E-state index contributed by atoms with van der Waals surface area (Å²) in [5, 5.41) is 2.89. The lowest BCUT2D eigenvalue weighted by Gasteiger charge is -2.35. The van der Waals surface area contributed by atoms with Crippen LogP contribution in [0.4, 0.5) is 0 Å². The molecular formula is C20H29N5O2. The molecule has 0 spiro atoms. The van der Waals surface area contributed by atoms with E-state index in [-0.39, 0.29) is 24.3 Å². The molecule has 1 aromatic heterocycles. The summed E-state index contributed by atoms with van der Waals surface area (Å²) in [5.41, 5.74) is 1.85. The number of amides is 2. The van der Waals surface area contributed by atoms with Crippen molar-refractivity contribution < 1.29 is 9.59 Å². The van der Waals surface area contributed by atoms with Crippen molar-refractivity contribution in [1.29, 1.82) is 0 Å². The molecule has 0 saturated carbocycles. The zero-order chi connectivity index (χ0) is 19.4. The third kappa shape index (κ3) is 4.86. The Morgan fingerprint density at radius 2 is 2.15 bits per heavy atom. The fourth-order valence-electron chi connectivity index (χ4n) is 3.39. The van der Waals surface area contributed by atoms with E-state index in [1.807, 2.05) is 24.3 Å². The Labute approximate surface area is 160 Å². The number of imidazole rings is 1. The van der Waals surface area contributed by atoms with Gasteiger partial charge in [-0.25, -0.2) is 4.98 Å². The summed E-state index contributed by atoms with van der Waals surface area (Å²) < 4.78 is 0. The number of piperazine rings is 1. The summed E-state index contributed by atoms with van der Waals surface area (Å²) in [7, 11) is 1.76. The van der Waals surface area contributed by atoms with Crippen LogP contribution in [0.5, 0.6) is 0 Å². The van der Waals surface area contributed by atoms with Gasteiger partial charge in [-0.1, -0.05) is 26.0 Å². The molecule has 1 aliphatic rings. The summed E-state index contributed by atoms with van der Waals surface area (Å²) in [6.45, 7) is 7.03. The lowest BCUT2D eigenvalue weighted by Crippen LogP contribution is -2.56. The van der Waals surface area contributed by atoms with E-state index in [9.17, 15) is 9.59 Å². The summed E-state index contributed by atoms with van der Waals surface area (Å²) in [6.07, 6.45) is 1.22. The van der Waals surface area contributed by atoms with E-state index in [1.165, 1.54) is 0 Å². The smallest absolute Gasteiger partial charge is 0.237 e. The van der Waals surface area contributed by atoms with Crippen LogP contribution in [0, 0.1) is 5.92 Å². The number of carbonyl (C=O) groups excluding carboxylic acids is 2. The van der Waals surface area contributed by atoms with Crippen LogP contribution >= 0.6 is 0 Å². The van der Waals surface area contributed by atoms with Crippen LogP contribution in [0.25, 0.3) is 11.0 Å². The Kier molecular flexibility index (Phi) is 6.11. The van der Waals surface area contributed by atoms with Gasteiger partial charge in [0.15, 0.2) is 0 Å². The minimum absolute atomic E-state index is 0.0458. The first-order valence-electron chi connectivity index (χ1n) is 9.63. The number of aromatic amines is 1. The van der Waals surface area contributed by atoms with Crippen LogP contribution in [0.3, 0.4) is 0 Å². The molecule has 2 heterocycles. The lowest BCUT2D eigenvalue weighted by atomic mass is 10.1. The van der Waals surface area contributed by atoms with Gasteiger partial charge in [0.25, 0.3) is 0 Å². The summed E-state index contributed by atoms with van der Waals surface area (Å²) >= 11 is 0. The first-order chi connectivity index (χ1) is 12.9. The lowest BCUT2D eigenvalue weighted by molar-refractivity contribution is -0.138. The molecule has 1 atom stereocenters. The Morgan fingerprint density at radius 1 is 1.37 bits per heavy atom. The van der Waals surface area contributed by atoms with Crippen LogP contribution in [-0.4, -0.2) is 64.3 Å².